The molecule has 2 aromatic carbocycles. The molecule has 144 valence electrons. The van der Waals surface area contributed by atoms with Gasteiger partial charge in [0.05, 0.1) is 0 Å². The van der Waals surface area contributed by atoms with Crippen molar-refractivity contribution in [3.05, 3.63) is 71.5 Å². The number of nitrogens with zero attached hydrogens (tertiary/aromatic N) is 1. The molecule has 3 rings (SSSR count). The Morgan fingerprint density at radius 1 is 1.11 bits per heavy atom. The van der Waals surface area contributed by atoms with Crippen LogP contribution in [0.3, 0.4) is 0 Å². The van der Waals surface area contributed by atoms with Gasteiger partial charge in [0.2, 0.25) is 0 Å². The fourth-order valence-corrected chi connectivity index (χ4v) is 3.61. The van der Waals surface area contributed by atoms with Crippen LogP contribution in [0, 0.1) is 5.82 Å². The summed E-state index contributed by atoms with van der Waals surface area (Å²) in [6, 6.07) is 16.7. The quantitative estimate of drug-likeness (QED) is 0.751. The van der Waals surface area contributed by atoms with Crippen LogP contribution >= 0.6 is 0 Å². The standard InChI is InChI=1S/C22H27FN2O2/c23-20-12-5-4-11-19(20)16-24-17-22(27)13-7-15-25(21(22)26)14-6-10-18-8-2-1-3-9-18/h1-5,8-9,11-12,24,27H,6-7,10,13-17H2/t22-/m0/s1. The first-order valence-corrected chi connectivity index (χ1v) is 9.58. The lowest BCUT2D eigenvalue weighted by atomic mass is 9.91. The van der Waals surface area contributed by atoms with Crippen LogP contribution in [0.5, 0.6) is 0 Å². The molecule has 27 heavy (non-hydrogen) atoms. The summed E-state index contributed by atoms with van der Waals surface area (Å²) < 4.78 is 13.7. The van der Waals surface area contributed by atoms with Gasteiger partial charge in [-0.2, -0.15) is 0 Å². The summed E-state index contributed by atoms with van der Waals surface area (Å²) in [5, 5.41) is 13.9. The molecular weight excluding hydrogens is 343 g/mol. The summed E-state index contributed by atoms with van der Waals surface area (Å²) in [5.74, 6) is -0.502. The third-order valence-electron chi connectivity index (χ3n) is 5.13. The molecule has 0 aromatic heterocycles. The molecule has 2 N–H and O–H groups in total. The maximum absolute atomic E-state index is 13.7. The van der Waals surface area contributed by atoms with E-state index in [0.29, 0.717) is 25.1 Å². The predicted molar refractivity (Wildman–Crippen MR) is 104 cm³/mol. The van der Waals surface area contributed by atoms with Gasteiger partial charge in [-0.1, -0.05) is 48.5 Å². The number of halogens is 1. The van der Waals surface area contributed by atoms with E-state index in [1.165, 1.54) is 11.6 Å². The molecule has 1 aliphatic rings. The van der Waals surface area contributed by atoms with Gasteiger partial charge >= 0.3 is 0 Å². The summed E-state index contributed by atoms with van der Waals surface area (Å²) in [7, 11) is 0. The van der Waals surface area contributed by atoms with E-state index in [1.54, 1.807) is 23.1 Å². The Bertz CT molecular complexity index is 753. The Hall–Kier alpha value is -2.24. The van der Waals surface area contributed by atoms with Crippen molar-refractivity contribution in [2.24, 2.45) is 0 Å². The zero-order valence-electron chi connectivity index (χ0n) is 15.5. The summed E-state index contributed by atoms with van der Waals surface area (Å²) in [6.07, 6.45) is 2.99. The number of benzene rings is 2. The number of rotatable bonds is 8. The zero-order valence-corrected chi connectivity index (χ0v) is 15.5. The minimum Gasteiger partial charge on any atom is -0.379 e. The average molecular weight is 370 g/mol. The van der Waals surface area contributed by atoms with Crippen molar-refractivity contribution in [3.8, 4) is 0 Å². The number of piperidine rings is 1. The first kappa shape index (κ1) is 19.5. The SMILES string of the molecule is O=C1N(CCCc2ccccc2)CCC[C@]1(O)CNCc1ccccc1F. The van der Waals surface area contributed by atoms with Crippen molar-refractivity contribution in [1.82, 2.24) is 10.2 Å². The van der Waals surface area contributed by atoms with E-state index in [4.69, 9.17) is 0 Å². The van der Waals surface area contributed by atoms with Crippen LogP contribution in [0.15, 0.2) is 54.6 Å². The van der Waals surface area contributed by atoms with E-state index in [2.05, 4.69) is 17.4 Å². The minimum absolute atomic E-state index is 0.134. The van der Waals surface area contributed by atoms with E-state index in [0.717, 1.165) is 19.3 Å². The summed E-state index contributed by atoms with van der Waals surface area (Å²) >= 11 is 0. The van der Waals surface area contributed by atoms with Crippen molar-refractivity contribution >= 4 is 5.91 Å². The van der Waals surface area contributed by atoms with Gasteiger partial charge in [-0.3, -0.25) is 4.79 Å². The first-order chi connectivity index (χ1) is 13.1. The van der Waals surface area contributed by atoms with Gasteiger partial charge in [-0.15, -0.1) is 0 Å². The molecule has 1 fully saturated rings. The molecule has 0 bridgehead atoms. The molecular formula is C22H27FN2O2. The van der Waals surface area contributed by atoms with Crippen molar-refractivity contribution in [2.45, 2.75) is 37.8 Å². The molecule has 0 unspecified atom stereocenters. The minimum atomic E-state index is -1.41. The van der Waals surface area contributed by atoms with Gasteiger partial charge in [0.25, 0.3) is 5.91 Å². The summed E-state index contributed by atoms with van der Waals surface area (Å²) in [4.78, 5) is 14.5. The normalized spacial score (nSPS) is 20.1. The summed E-state index contributed by atoms with van der Waals surface area (Å²) in [6.45, 7) is 1.75. The van der Waals surface area contributed by atoms with E-state index < -0.39 is 5.60 Å². The van der Waals surface area contributed by atoms with Gasteiger partial charge in [-0.25, -0.2) is 4.39 Å². The fraction of sp³-hybridized carbons (Fsp3) is 0.409. The molecule has 0 aliphatic carbocycles. The zero-order chi connectivity index (χ0) is 19.1. The van der Waals surface area contributed by atoms with Gasteiger partial charge in [0, 0.05) is 31.7 Å². The molecule has 1 amide bonds. The van der Waals surface area contributed by atoms with Crippen LogP contribution in [0.1, 0.15) is 30.4 Å². The Morgan fingerprint density at radius 2 is 1.85 bits per heavy atom. The molecule has 1 saturated heterocycles. The van der Waals surface area contributed by atoms with Crippen LogP contribution in [0.2, 0.25) is 0 Å². The smallest absolute Gasteiger partial charge is 0.255 e. The molecule has 0 saturated carbocycles. The lowest BCUT2D eigenvalue weighted by Crippen LogP contribution is -2.58. The van der Waals surface area contributed by atoms with Gasteiger partial charge in [0.15, 0.2) is 5.60 Å². The fourth-order valence-electron chi connectivity index (χ4n) is 3.61. The number of hydrogen-bond acceptors (Lipinski definition) is 3. The number of carbonyl (C=O) groups is 1. The van der Waals surface area contributed by atoms with E-state index in [9.17, 15) is 14.3 Å². The number of nitrogens with one attached hydrogen (secondary N) is 1. The molecule has 2 aromatic rings. The van der Waals surface area contributed by atoms with Crippen LogP contribution in [-0.2, 0) is 17.8 Å². The van der Waals surface area contributed by atoms with Crippen molar-refractivity contribution in [2.75, 3.05) is 19.6 Å². The third-order valence-corrected chi connectivity index (χ3v) is 5.13. The highest BCUT2D eigenvalue weighted by Crippen LogP contribution is 2.23. The number of aliphatic hydroxyl groups is 1. The Balaban J connectivity index is 1.49. The number of likely N-dealkylation sites (tertiary alicyclic amines) is 1. The monoisotopic (exact) mass is 370 g/mol. The maximum Gasteiger partial charge on any atom is 0.255 e. The topological polar surface area (TPSA) is 52.6 Å². The van der Waals surface area contributed by atoms with Crippen LogP contribution < -0.4 is 5.32 Å². The molecule has 4 nitrogen and oxygen atoms in total. The second kappa shape index (κ2) is 9.11. The maximum atomic E-state index is 13.7. The number of carbonyl (C=O) groups excluding carboxylic acids is 1. The lowest BCUT2D eigenvalue weighted by molar-refractivity contribution is -0.156. The highest BCUT2D eigenvalue weighted by molar-refractivity contribution is 5.86. The molecule has 0 spiro atoms. The van der Waals surface area contributed by atoms with Gasteiger partial charge in [0.1, 0.15) is 5.82 Å². The molecule has 1 aliphatic heterocycles. The van der Waals surface area contributed by atoms with Gasteiger partial charge < -0.3 is 15.3 Å². The lowest BCUT2D eigenvalue weighted by Gasteiger charge is -2.38. The second-order valence-corrected chi connectivity index (χ2v) is 7.21. The Kier molecular flexibility index (Phi) is 6.58. The third kappa shape index (κ3) is 5.15. The Morgan fingerprint density at radius 3 is 2.63 bits per heavy atom. The highest BCUT2D eigenvalue weighted by atomic mass is 19.1. The van der Waals surface area contributed by atoms with Crippen molar-refractivity contribution < 1.29 is 14.3 Å². The van der Waals surface area contributed by atoms with Crippen LogP contribution in [0.25, 0.3) is 0 Å². The first-order valence-electron chi connectivity index (χ1n) is 9.58. The Labute approximate surface area is 160 Å². The average Bonchev–Trinajstić information content (AvgIpc) is 2.68. The number of aryl methyl sites for hydroxylation is 1. The van der Waals surface area contributed by atoms with Crippen molar-refractivity contribution in [3.63, 3.8) is 0 Å². The largest absolute Gasteiger partial charge is 0.379 e. The van der Waals surface area contributed by atoms with E-state index >= 15 is 0 Å². The van der Waals surface area contributed by atoms with Crippen LogP contribution in [0.4, 0.5) is 4.39 Å². The molecule has 1 heterocycles. The molecule has 1 atom stereocenters. The van der Waals surface area contributed by atoms with Crippen LogP contribution in [-0.4, -0.2) is 41.1 Å². The second-order valence-electron chi connectivity index (χ2n) is 7.21. The molecule has 0 radical (unpaired) electrons. The van der Waals surface area contributed by atoms with Crippen molar-refractivity contribution in [1.29, 1.82) is 0 Å². The molecule has 5 heteroatoms. The predicted octanol–water partition coefficient (Wildman–Crippen LogP) is 2.90. The summed E-state index contributed by atoms with van der Waals surface area (Å²) in [5.41, 5.74) is 0.379. The van der Waals surface area contributed by atoms with E-state index in [1.807, 2.05) is 18.2 Å². The highest BCUT2D eigenvalue weighted by Gasteiger charge is 2.41. The van der Waals surface area contributed by atoms with Gasteiger partial charge in [-0.05, 0) is 37.3 Å². The number of hydrogen-bond donors (Lipinski definition) is 2. The number of amides is 1. The van der Waals surface area contributed by atoms with E-state index in [-0.39, 0.29) is 24.8 Å².